The summed E-state index contributed by atoms with van der Waals surface area (Å²) < 4.78 is 13.7. The SMILES string of the molecule is CCN(C(=O)c1ccccc1F)c1ccccc1N. The van der Waals surface area contributed by atoms with Gasteiger partial charge in [0.1, 0.15) is 5.82 Å². The molecule has 0 aliphatic carbocycles. The molecule has 0 aliphatic heterocycles. The summed E-state index contributed by atoms with van der Waals surface area (Å²) in [5, 5.41) is 0. The predicted molar refractivity (Wildman–Crippen MR) is 74.6 cm³/mol. The zero-order valence-electron chi connectivity index (χ0n) is 10.6. The summed E-state index contributed by atoms with van der Waals surface area (Å²) in [6, 6.07) is 13.0. The van der Waals surface area contributed by atoms with Crippen LogP contribution in [-0.2, 0) is 0 Å². The molecule has 0 saturated heterocycles. The molecule has 0 spiro atoms. The summed E-state index contributed by atoms with van der Waals surface area (Å²) in [7, 11) is 0. The average Bonchev–Trinajstić information content (AvgIpc) is 2.42. The maximum Gasteiger partial charge on any atom is 0.261 e. The largest absolute Gasteiger partial charge is 0.397 e. The lowest BCUT2D eigenvalue weighted by molar-refractivity contribution is 0.0984. The van der Waals surface area contributed by atoms with E-state index in [1.165, 1.54) is 17.0 Å². The summed E-state index contributed by atoms with van der Waals surface area (Å²) in [4.78, 5) is 13.8. The molecular formula is C15H15FN2O. The molecule has 0 fully saturated rings. The minimum absolute atomic E-state index is 0.0487. The van der Waals surface area contributed by atoms with Gasteiger partial charge < -0.3 is 10.6 Å². The molecule has 4 heteroatoms. The van der Waals surface area contributed by atoms with E-state index in [1.54, 1.807) is 36.4 Å². The van der Waals surface area contributed by atoms with Gasteiger partial charge in [0.15, 0.2) is 0 Å². The second-order valence-corrected chi connectivity index (χ2v) is 4.09. The van der Waals surface area contributed by atoms with Crippen LogP contribution < -0.4 is 10.6 Å². The molecule has 0 aliphatic rings. The molecule has 0 aromatic heterocycles. The van der Waals surface area contributed by atoms with E-state index in [1.807, 2.05) is 6.92 Å². The Hall–Kier alpha value is -2.36. The van der Waals surface area contributed by atoms with Crippen molar-refractivity contribution in [2.24, 2.45) is 0 Å². The Balaban J connectivity index is 2.41. The summed E-state index contributed by atoms with van der Waals surface area (Å²) in [5.74, 6) is -0.918. The van der Waals surface area contributed by atoms with Gasteiger partial charge in [-0.2, -0.15) is 0 Å². The highest BCUT2D eigenvalue weighted by atomic mass is 19.1. The molecule has 2 aromatic rings. The number of nitrogens with two attached hydrogens (primary N) is 1. The fourth-order valence-corrected chi connectivity index (χ4v) is 1.94. The van der Waals surface area contributed by atoms with Crippen LogP contribution in [0.3, 0.4) is 0 Å². The number of carbonyl (C=O) groups excluding carboxylic acids is 1. The molecule has 98 valence electrons. The van der Waals surface area contributed by atoms with E-state index in [9.17, 15) is 9.18 Å². The number of hydrogen-bond acceptors (Lipinski definition) is 2. The Kier molecular flexibility index (Phi) is 3.80. The molecule has 2 aromatic carbocycles. The second-order valence-electron chi connectivity index (χ2n) is 4.09. The third-order valence-electron chi connectivity index (χ3n) is 2.89. The molecule has 1 amide bonds. The number of carbonyl (C=O) groups is 1. The number of para-hydroxylation sites is 2. The molecule has 0 radical (unpaired) electrons. The van der Waals surface area contributed by atoms with Gasteiger partial charge >= 0.3 is 0 Å². The molecule has 0 bridgehead atoms. The molecule has 0 saturated carbocycles. The van der Waals surface area contributed by atoms with Crippen molar-refractivity contribution in [1.82, 2.24) is 0 Å². The highest BCUT2D eigenvalue weighted by molar-refractivity contribution is 6.07. The molecule has 2 N–H and O–H groups in total. The highest BCUT2D eigenvalue weighted by Gasteiger charge is 2.20. The number of benzene rings is 2. The minimum Gasteiger partial charge on any atom is -0.397 e. The number of anilines is 2. The van der Waals surface area contributed by atoms with Crippen molar-refractivity contribution in [3.63, 3.8) is 0 Å². The van der Waals surface area contributed by atoms with Gasteiger partial charge in [-0.05, 0) is 31.2 Å². The van der Waals surface area contributed by atoms with Gasteiger partial charge in [-0.25, -0.2) is 4.39 Å². The number of hydrogen-bond donors (Lipinski definition) is 1. The maximum absolute atomic E-state index is 13.7. The Morgan fingerprint density at radius 1 is 1.16 bits per heavy atom. The maximum atomic E-state index is 13.7. The Bertz CT molecular complexity index is 598. The molecule has 0 unspecified atom stereocenters. The lowest BCUT2D eigenvalue weighted by Gasteiger charge is -2.22. The average molecular weight is 258 g/mol. The van der Waals surface area contributed by atoms with E-state index in [0.717, 1.165) is 0 Å². The third-order valence-corrected chi connectivity index (χ3v) is 2.89. The van der Waals surface area contributed by atoms with E-state index in [4.69, 9.17) is 5.73 Å². The lowest BCUT2D eigenvalue weighted by Crippen LogP contribution is -2.31. The molecule has 3 nitrogen and oxygen atoms in total. The summed E-state index contributed by atoms with van der Waals surface area (Å²) >= 11 is 0. The van der Waals surface area contributed by atoms with Crippen molar-refractivity contribution in [1.29, 1.82) is 0 Å². The Labute approximate surface area is 111 Å². The van der Waals surface area contributed by atoms with Gasteiger partial charge in [-0.15, -0.1) is 0 Å². The first-order chi connectivity index (χ1) is 9.15. The van der Waals surface area contributed by atoms with E-state index in [0.29, 0.717) is 17.9 Å². The van der Waals surface area contributed by atoms with E-state index >= 15 is 0 Å². The first-order valence-electron chi connectivity index (χ1n) is 6.06. The van der Waals surface area contributed by atoms with Crippen LogP contribution in [0.25, 0.3) is 0 Å². The van der Waals surface area contributed by atoms with E-state index in [2.05, 4.69) is 0 Å². The topological polar surface area (TPSA) is 46.3 Å². The van der Waals surface area contributed by atoms with E-state index in [-0.39, 0.29) is 5.56 Å². The summed E-state index contributed by atoms with van der Waals surface area (Å²) in [6.45, 7) is 2.24. The number of nitrogens with zero attached hydrogens (tertiary/aromatic N) is 1. The molecule has 19 heavy (non-hydrogen) atoms. The quantitative estimate of drug-likeness (QED) is 0.860. The van der Waals surface area contributed by atoms with Gasteiger partial charge in [-0.1, -0.05) is 24.3 Å². The lowest BCUT2D eigenvalue weighted by atomic mass is 10.1. The summed E-state index contributed by atoms with van der Waals surface area (Å²) in [6.07, 6.45) is 0. The van der Waals surface area contributed by atoms with Crippen molar-refractivity contribution in [3.05, 3.63) is 59.9 Å². The Morgan fingerprint density at radius 2 is 1.79 bits per heavy atom. The van der Waals surface area contributed by atoms with Crippen molar-refractivity contribution >= 4 is 17.3 Å². The Morgan fingerprint density at radius 3 is 2.42 bits per heavy atom. The van der Waals surface area contributed by atoms with Crippen LogP contribution in [0.2, 0.25) is 0 Å². The zero-order chi connectivity index (χ0) is 13.8. The normalized spacial score (nSPS) is 10.2. The number of halogens is 1. The first kappa shape index (κ1) is 13.1. The predicted octanol–water partition coefficient (Wildman–Crippen LogP) is 3.07. The number of nitrogen functional groups attached to an aromatic ring is 1. The fourth-order valence-electron chi connectivity index (χ4n) is 1.94. The van der Waals surface area contributed by atoms with E-state index < -0.39 is 11.7 Å². The summed E-state index contributed by atoms with van der Waals surface area (Å²) in [5.41, 5.74) is 7.00. The third kappa shape index (κ3) is 2.57. The fraction of sp³-hybridized carbons (Fsp3) is 0.133. The standard InChI is InChI=1S/C15H15FN2O/c1-2-18(14-10-6-5-9-13(14)17)15(19)11-7-3-4-8-12(11)16/h3-10H,2,17H2,1H3. The van der Waals surface area contributed by atoms with Crippen LogP contribution in [0, 0.1) is 5.82 Å². The number of amides is 1. The molecule has 2 rings (SSSR count). The smallest absolute Gasteiger partial charge is 0.261 e. The van der Waals surface area contributed by atoms with Crippen molar-refractivity contribution in [2.75, 3.05) is 17.2 Å². The van der Waals surface area contributed by atoms with Gasteiger partial charge in [0, 0.05) is 6.54 Å². The van der Waals surface area contributed by atoms with Crippen LogP contribution in [0.1, 0.15) is 17.3 Å². The molecule has 0 atom stereocenters. The zero-order valence-corrected chi connectivity index (χ0v) is 10.6. The van der Waals surface area contributed by atoms with Crippen LogP contribution in [0.5, 0.6) is 0 Å². The second kappa shape index (κ2) is 5.52. The van der Waals surface area contributed by atoms with Crippen LogP contribution in [-0.4, -0.2) is 12.5 Å². The first-order valence-corrected chi connectivity index (χ1v) is 6.06. The van der Waals surface area contributed by atoms with Crippen LogP contribution >= 0.6 is 0 Å². The van der Waals surface area contributed by atoms with Crippen LogP contribution in [0.15, 0.2) is 48.5 Å². The monoisotopic (exact) mass is 258 g/mol. The van der Waals surface area contributed by atoms with Crippen molar-refractivity contribution in [3.8, 4) is 0 Å². The molecule has 0 heterocycles. The van der Waals surface area contributed by atoms with Gasteiger partial charge in [0.05, 0.1) is 16.9 Å². The van der Waals surface area contributed by atoms with Crippen LogP contribution in [0.4, 0.5) is 15.8 Å². The number of rotatable bonds is 3. The highest BCUT2D eigenvalue weighted by Crippen LogP contribution is 2.24. The van der Waals surface area contributed by atoms with Crippen molar-refractivity contribution in [2.45, 2.75) is 6.92 Å². The molecular weight excluding hydrogens is 243 g/mol. The minimum atomic E-state index is -0.527. The van der Waals surface area contributed by atoms with Crippen molar-refractivity contribution < 1.29 is 9.18 Å². The van der Waals surface area contributed by atoms with Gasteiger partial charge in [0.25, 0.3) is 5.91 Å². The van der Waals surface area contributed by atoms with Gasteiger partial charge in [-0.3, -0.25) is 4.79 Å². The van der Waals surface area contributed by atoms with Gasteiger partial charge in [0.2, 0.25) is 0 Å².